The van der Waals surface area contributed by atoms with Gasteiger partial charge in [-0.3, -0.25) is 25.0 Å². The summed E-state index contributed by atoms with van der Waals surface area (Å²) in [6, 6.07) is 12.5. The summed E-state index contributed by atoms with van der Waals surface area (Å²) < 4.78 is 11.9. The zero-order chi connectivity index (χ0) is 24.3. The van der Waals surface area contributed by atoms with Gasteiger partial charge in [0.15, 0.2) is 0 Å². The van der Waals surface area contributed by atoms with E-state index in [2.05, 4.69) is 10.6 Å². The normalized spacial score (nSPS) is 18.0. The molecule has 0 aromatic heterocycles. The molecule has 34 heavy (non-hydrogen) atoms. The van der Waals surface area contributed by atoms with Crippen molar-refractivity contribution >= 4 is 23.8 Å². The molecule has 0 radical (unpaired) electrons. The monoisotopic (exact) mass is 465 g/mol. The third kappa shape index (κ3) is 4.59. The number of carbonyl (C=O) groups excluding carboxylic acids is 4. The van der Waals surface area contributed by atoms with Crippen molar-refractivity contribution in [1.82, 2.24) is 15.5 Å². The molecule has 0 bridgehead atoms. The van der Waals surface area contributed by atoms with E-state index in [0.717, 1.165) is 19.3 Å². The van der Waals surface area contributed by atoms with Crippen LogP contribution in [0.25, 0.3) is 0 Å². The predicted molar refractivity (Wildman–Crippen MR) is 123 cm³/mol. The summed E-state index contributed by atoms with van der Waals surface area (Å²) in [6.45, 7) is 0. The first-order chi connectivity index (χ1) is 16.3. The molecule has 9 nitrogen and oxygen atoms in total. The van der Waals surface area contributed by atoms with E-state index in [-0.39, 0.29) is 11.8 Å². The summed E-state index contributed by atoms with van der Waals surface area (Å²) in [5, 5.41) is 4.39. The lowest BCUT2D eigenvalue weighted by Gasteiger charge is -2.41. The molecule has 0 atom stereocenters. The van der Waals surface area contributed by atoms with Gasteiger partial charge in [-0.1, -0.05) is 19.3 Å². The molecule has 2 fully saturated rings. The van der Waals surface area contributed by atoms with E-state index in [1.54, 1.807) is 62.6 Å². The predicted octanol–water partition coefficient (Wildman–Crippen LogP) is 3.24. The van der Waals surface area contributed by atoms with Crippen molar-refractivity contribution in [2.24, 2.45) is 5.92 Å². The molecule has 1 heterocycles. The molecule has 2 N–H and O–H groups in total. The maximum Gasteiger partial charge on any atom is 0.328 e. The van der Waals surface area contributed by atoms with Gasteiger partial charge in [-0.25, -0.2) is 4.79 Å². The number of amides is 5. The highest BCUT2D eigenvalue weighted by Crippen LogP contribution is 2.38. The molecule has 2 aromatic rings. The van der Waals surface area contributed by atoms with E-state index in [0.29, 0.717) is 35.7 Å². The first-order valence-electron chi connectivity index (χ1n) is 11.2. The van der Waals surface area contributed by atoms with Crippen LogP contribution in [0.4, 0.5) is 4.79 Å². The third-order valence-corrected chi connectivity index (χ3v) is 6.15. The van der Waals surface area contributed by atoms with Crippen LogP contribution in [0.15, 0.2) is 48.5 Å². The van der Waals surface area contributed by atoms with Crippen LogP contribution >= 0.6 is 0 Å². The van der Waals surface area contributed by atoms with Gasteiger partial charge in [0.1, 0.15) is 17.2 Å². The second-order valence-corrected chi connectivity index (χ2v) is 8.71. The molecule has 1 aliphatic carbocycles. The quantitative estimate of drug-likeness (QED) is 0.633. The van der Waals surface area contributed by atoms with Gasteiger partial charge in [-0.05, 0) is 61.4 Å². The molecule has 1 saturated heterocycles. The Morgan fingerprint density at radius 3 is 1.85 bits per heavy atom. The summed E-state index contributed by atoms with van der Waals surface area (Å²) >= 11 is 0. The average Bonchev–Trinajstić information content (AvgIpc) is 2.83. The average molecular weight is 466 g/mol. The molecule has 178 valence electrons. The van der Waals surface area contributed by atoms with E-state index < -0.39 is 23.4 Å². The van der Waals surface area contributed by atoms with Gasteiger partial charge in [-0.2, -0.15) is 0 Å². The van der Waals surface area contributed by atoms with Gasteiger partial charge in [-0.15, -0.1) is 0 Å². The van der Waals surface area contributed by atoms with Gasteiger partial charge < -0.3 is 14.4 Å². The fourth-order valence-corrected chi connectivity index (χ4v) is 4.40. The Morgan fingerprint density at radius 2 is 1.32 bits per heavy atom. The number of nitrogens with zero attached hydrogens (tertiary/aromatic N) is 1. The molecule has 4 rings (SSSR count). The van der Waals surface area contributed by atoms with E-state index in [4.69, 9.17) is 9.47 Å². The fraction of sp³-hybridized carbons (Fsp3) is 0.360. The van der Waals surface area contributed by atoms with Crippen molar-refractivity contribution in [2.75, 3.05) is 14.1 Å². The summed E-state index contributed by atoms with van der Waals surface area (Å²) in [6.07, 6.45) is 4.11. The van der Waals surface area contributed by atoms with E-state index >= 15 is 0 Å². The Labute approximate surface area is 197 Å². The second kappa shape index (κ2) is 9.54. The number of benzene rings is 2. The fourth-order valence-electron chi connectivity index (χ4n) is 4.40. The zero-order valence-corrected chi connectivity index (χ0v) is 19.1. The van der Waals surface area contributed by atoms with Crippen molar-refractivity contribution in [3.8, 4) is 17.2 Å². The van der Waals surface area contributed by atoms with Crippen LogP contribution in [0.3, 0.4) is 0 Å². The minimum atomic E-state index is -1.80. The molecule has 1 aliphatic heterocycles. The van der Waals surface area contributed by atoms with Gasteiger partial charge in [0, 0.05) is 25.6 Å². The number of carbonyl (C=O) groups is 4. The highest BCUT2D eigenvalue weighted by atomic mass is 16.5. The first-order valence-corrected chi connectivity index (χ1v) is 11.2. The van der Waals surface area contributed by atoms with Gasteiger partial charge in [0.25, 0.3) is 23.3 Å². The summed E-state index contributed by atoms with van der Waals surface area (Å²) in [4.78, 5) is 51.0. The lowest BCUT2D eigenvalue weighted by Crippen LogP contribution is -2.72. The van der Waals surface area contributed by atoms with E-state index in [1.807, 2.05) is 0 Å². The largest absolute Gasteiger partial charge is 0.467 e. The van der Waals surface area contributed by atoms with Crippen LogP contribution < -0.4 is 20.1 Å². The minimum absolute atomic E-state index is 0.0996. The molecular weight excluding hydrogens is 438 g/mol. The molecular formula is C25H27N3O6. The Balaban J connectivity index is 1.51. The molecule has 2 aliphatic rings. The Hall–Kier alpha value is -3.88. The lowest BCUT2D eigenvalue weighted by atomic mass is 9.75. The van der Waals surface area contributed by atoms with Crippen LogP contribution in [0.5, 0.6) is 17.2 Å². The minimum Gasteiger partial charge on any atom is -0.467 e. The smallest absolute Gasteiger partial charge is 0.328 e. The highest BCUT2D eigenvalue weighted by molar-refractivity contribution is 6.22. The summed E-state index contributed by atoms with van der Waals surface area (Å²) in [5.74, 6) is -0.539. The number of imide groups is 2. The lowest BCUT2D eigenvalue weighted by molar-refractivity contribution is -0.158. The van der Waals surface area contributed by atoms with Crippen LogP contribution in [0.1, 0.15) is 42.5 Å². The van der Waals surface area contributed by atoms with Crippen LogP contribution in [0, 0.1) is 5.92 Å². The Bertz CT molecular complexity index is 1070. The summed E-state index contributed by atoms with van der Waals surface area (Å²) in [7, 11) is 3.38. The van der Waals surface area contributed by atoms with E-state index in [9.17, 15) is 19.2 Å². The topological polar surface area (TPSA) is 114 Å². The van der Waals surface area contributed by atoms with Crippen molar-refractivity contribution < 1.29 is 28.7 Å². The first kappa shape index (κ1) is 23.3. The number of rotatable bonds is 6. The second-order valence-electron chi connectivity index (χ2n) is 8.71. The number of barbiturate groups is 1. The third-order valence-electron chi connectivity index (χ3n) is 6.15. The van der Waals surface area contributed by atoms with Gasteiger partial charge >= 0.3 is 6.03 Å². The Kier molecular flexibility index (Phi) is 6.54. The molecule has 0 unspecified atom stereocenters. The standard InChI is InChI=1S/C25H27N3O6/c1-28(2)21(29)16-8-10-18(11-9-16)33-19-12-14-20(15-13-19)34-25(17-6-4-3-5-7-17)22(30)26-24(32)27-23(25)31/h8-15,17H,3-7H2,1-2H3,(H2,26,27,30,31,32). The van der Waals surface area contributed by atoms with Crippen LogP contribution in [-0.2, 0) is 9.59 Å². The van der Waals surface area contributed by atoms with Gasteiger partial charge in [0.2, 0.25) is 0 Å². The van der Waals surface area contributed by atoms with Crippen molar-refractivity contribution in [3.63, 3.8) is 0 Å². The summed E-state index contributed by atoms with van der Waals surface area (Å²) in [5.41, 5.74) is -1.25. The molecule has 5 amide bonds. The number of urea groups is 1. The number of hydrogen-bond acceptors (Lipinski definition) is 6. The molecule has 9 heteroatoms. The van der Waals surface area contributed by atoms with Crippen molar-refractivity contribution in [1.29, 1.82) is 0 Å². The van der Waals surface area contributed by atoms with E-state index in [1.165, 1.54) is 4.90 Å². The SMILES string of the molecule is CN(C)C(=O)c1ccc(Oc2ccc(OC3(C4CCCCC4)C(=O)NC(=O)NC3=O)cc2)cc1. The maximum absolute atomic E-state index is 12.9. The van der Waals surface area contributed by atoms with Crippen molar-refractivity contribution in [2.45, 2.75) is 37.7 Å². The van der Waals surface area contributed by atoms with Crippen molar-refractivity contribution in [3.05, 3.63) is 54.1 Å². The highest BCUT2D eigenvalue weighted by Gasteiger charge is 2.58. The Morgan fingerprint density at radius 1 is 0.824 bits per heavy atom. The van der Waals surface area contributed by atoms with Crippen LogP contribution in [0.2, 0.25) is 0 Å². The zero-order valence-electron chi connectivity index (χ0n) is 19.1. The molecule has 1 saturated carbocycles. The number of ether oxygens (including phenoxy) is 2. The van der Waals surface area contributed by atoms with Gasteiger partial charge in [0.05, 0.1) is 0 Å². The maximum atomic E-state index is 12.9. The number of nitrogens with one attached hydrogen (secondary N) is 2. The molecule has 0 spiro atoms. The molecule has 2 aromatic carbocycles. The van der Waals surface area contributed by atoms with Crippen LogP contribution in [-0.4, -0.2) is 48.3 Å². The number of hydrogen-bond donors (Lipinski definition) is 2.